The molecule has 1 heterocycles. The van der Waals surface area contributed by atoms with Gasteiger partial charge < -0.3 is 19.1 Å². The number of nitrogens with zero attached hydrogens (tertiary/aromatic N) is 3. The first-order valence-electron chi connectivity index (χ1n) is 12.1. The van der Waals surface area contributed by atoms with Crippen molar-refractivity contribution in [2.45, 2.75) is 61.4 Å². The summed E-state index contributed by atoms with van der Waals surface area (Å²) in [5.41, 5.74) is 1.30. The number of esters is 1. The molecule has 0 fully saturated rings. The number of rotatable bonds is 8. The summed E-state index contributed by atoms with van der Waals surface area (Å²) in [5.74, 6) is -2.64. The van der Waals surface area contributed by atoms with Gasteiger partial charge in [0.2, 0.25) is 0 Å². The summed E-state index contributed by atoms with van der Waals surface area (Å²) in [4.78, 5) is 17.0. The molecule has 0 radical (unpaired) electrons. The van der Waals surface area contributed by atoms with E-state index in [2.05, 4.69) is 0 Å². The lowest BCUT2D eigenvalue weighted by molar-refractivity contribution is -0.189. The molecule has 0 amide bonds. The highest BCUT2D eigenvalue weighted by molar-refractivity contribution is 7.99. The van der Waals surface area contributed by atoms with Crippen LogP contribution in [0.5, 0.6) is 5.75 Å². The van der Waals surface area contributed by atoms with Gasteiger partial charge in [0.05, 0.1) is 0 Å². The molecule has 12 heteroatoms. The van der Waals surface area contributed by atoms with Gasteiger partial charge in [-0.1, -0.05) is 17.8 Å². The van der Waals surface area contributed by atoms with E-state index in [4.69, 9.17) is 9.26 Å². The van der Waals surface area contributed by atoms with Crippen LogP contribution in [0.2, 0.25) is 0 Å². The zero-order valence-electron chi connectivity index (χ0n) is 23.1. The Morgan fingerprint density at radius 1 is 0.947 bits per heavy atom. The van der Waals surface area contributed by atoms with Crippen LogP contribution >= 0.6 is 19.3 Å². The first-order chi connectivity index (χ1) is 17.5. The van der Waals surface area contributed by atoms with Crippen LogP contribution in [0, 0.1) is 0 Å². The second-order valence-corrected chi connectivity index (χ2v) is 13.6. The molecule has 1 aliphatic rings. The molecule has 3 rings (SSSR count). The van der Waals surface area contributed by atoms with Crippen molar-refractivity contribution in [2.75, 3.05) is 45.1 Å². The molecular formula is C26H35F3N3O4PS. The lowest BCUT2D eigenvalue weighted by atomic mass is 10.0. The van der Waals surface area contributed by atoms with Crippen LogP contribution in [0.3, 0.4) is 0 Å². The van der Waals surface area contributed by atoms with E-state index in [1.165, 1.54) is 24.9 Å². The maximum Gasteiger partial charge on any atom is 0.491 e. The van der Waals surface area contributed by atoms with Gasteiger partial charge in [0.1, 0.15) is 11.4 Å². The molecule has 2 unspecified atom stereocenters. The van der Waals surface area contributed by atoms with Gasteiger partial charge in [0.15, 0.2) is 0 Å². The van der Waals surface area contributed by atoms with Gasteiger partial charge in [-0.15, -0.1) is 0 Å². The van der Waals surface area contributed by atoms with E-state index in [1.807, 2.05) is 64.9 Å². The quantitative estimate of drug-likeness (QED) is 0.194. The first-order valence-corrected chi connectivity index (χ1v) is 14.6. The van der Waals surface area contributed by atoms with Crippen molar-refractivity contribution in [3.8, 4) is 5.75 Å². The first kappa shape index (κ1) is 30.3. The highest BCUT2D eigenvalue weighted by Gasteiger charge is 2.50. The Labute approximate surface area is 226 Å². The van der Waals surface area contributed by atoms with Gasteiger partial charge in [-0.25, -0.2) is 9.46 Å². The highest BCUT2D eigenvalue weighted by atomic mass is 32.2. The molecule has 0 aromatic heterocycles. The average Bonchev–Trinajstić information content (AvgIpc) is 2.80. The Bertz CT molecular complexity index is 1240. The molecule has 210 valence electrons. The number of halogens is 3. The van der Waals surface area contributed by atoms with Gasteiger partial charge in [-0.05, 0) is 51.5 Å². The third kappa shape index (κ3) is 5.71. The third-order valence-corrected chi connectivity index (χ3v) is 10.7. The number of hydrogen-bond acceptors (Lipinski definition) is 7. The normalized spacial score (nSPS) is 16.8. The summed E-state index contributed by atoms with van der Waals surface area (Å²) >= 11 is 1.33. The molecule has 0 spiro atoms. The third-order valence-electron chi connectivity index (χ3n) is 6.31. The Kier molecular flexibility index (Phi) is 8.88. The molecular weight excluding hydrogens is 538 g/mol. The van der Waals surface area contributed by atoms with Gasteiger partial charge in [0, 0.05) is 80.2 Å². The number of benzene rings is 2. The summed E-state index contributed by atoms with van der Waals surface area (Å²) in [6, 6.07) is 8.39. The smallest absolute Gasteiger partial charge is 0.419 e. The van der Waals surface area contributed by atoms with Crippen LogP contribution in [0.25, 0.3) is 0 Å². The molecule has 0 N–H and O–H groups in total. The number of anilines is 2. The fourth-order valence-corrected chi connectivity index (χ4v) is 9.27. The van der Waals surface area contributed by atoms with E-state index in [1.54, 1.807) is 29.7 Å². The highest BCUT2D eigenvalue weighted by Crippen LogP contribution is 2.71. The van der Waals surface area contributed by atoms with E-state index in [-0.39, 0.29) is 23.4 Å². The van der Waals surface area contributed by atoms with Crippen molar-refractivity contribution >= 4 is 36.6 Å². The summed E-state index contributed by atoms with van der Waals surface area (Å²) in [6.45, 7) is 7.56. The Balaban J connectivity index is 2.43. The summed E-state index contributed by atoms with van der Waals surface area (Å²) in [6.07, 6.45) is -5.20. The zero-order chi connectivity index (χ0) is 28.7. The van der Waals surface area contributed by atoms with Crippen LogP contribution in [0.4, 0.5) is 24.5 Å². The average molecular weight is 574 g/mol. The van der Waals surface area contributed by atoms with E-state index >= 15 is 4.57 Å². The largest absolute Gasteiger partial charge is 0.491 e. The van der Waals surface area contributed by atoms with Gasteiger partial charge >= 0.3 is 12.1 Å². The number of alkyl halides is 3. The van der Waals surface area contributed by atoms with Crippen LogP contribution in [-0.2, 0) is 13.9 Å². The number of carbonyl (C=O) groups excluding carboxylic acids is 1. The van der Waals surface area contributed by atoms with Crippen LogP contribution in [-0.4, -0.2) is 64.2 Å². The molecule has 2 atom stereocenters. The molecule has 0 saturated carbocycles. The lowest BCUT2D eigenvalue weighted by Crippen LogP contribution is -2.37. The molecule has 38 heavy (non-hydrogen) atoms. The van der Waals surface area contributed by atoms with E-state index in [0.29, 0.717) is 16.1 Å². The minimum atomic E-state index is -5.20. The van der Waals surface area contributed by atoms with Crippen molar-refractivity contribution in [3.63, 3.8) is 0 Å². The van der Waals surface area contributed by atoms with Crippen molar-refractivity contribution in [1.82, 2.24) is 4.67 Å². The zero-order valence-corrected chi connectivity index (χ0v) is 24.8. The predicted molar refractivity (Wildman–Crippen MR) is 146 cm³/mol. The van der Waals surface area contributed by atoms with Gasteiger partial charge in [-0.2, -0.15) is 13.2 Å². The fourth-order valence-electron chi connectivity index (χ4n) is 4.74. The molecule has 2 aromatic rings. The van der Waals surface area contributed by atoms with Gasteiger partial charge in [0.25, 0.3) is 7.52 Å². The van der Waals surface area contributed by atoms with E-state index in [0.717, 1.165) is 10.6 Å². The van der Waals surface area contributed by atoms with E-state index in [9.17, 15) is 18.0 Å². The fraction of sp³-hybridized carbons (Fsp3) is 0.500. The molecule has 0 bridgehead atoms. The summed E-state index contributed by atoms with van der Waals surface area (Å²) in [7, 11) is 4.79. The number of fused-ring (bicyclic) bond motifs is 2. The monoisotopic (exact) mass is 573 g/mol. The second kappa shape index (κ2) is 11.1. The molecule has 1 aliphatic heterocycles. The summed E-state index contributed by atoms with van der Waals surface area (Å²) in [5, 5.41) is 0. The van der Waals surface area contributed by atoms with Crippen LogP contribution < -0.4 is 14.5 Å². The minimum Gasteiger partial charge on any atom is -0.419 e. The van der Waals surface area contributed by atoms with Crippen LogP contribution in [0.15, 0.2) is 40.1 Å². The standard InChI is InChI=1S/C26H35F3N3O4PS/c1-15(2)32(16(3)4)37(34,35-9)24-19-11-10-17(30(5)6)13-21(19)38-22-14-18(31(7)8)12-20(23(22)24)36-25(33)26(27,28)29/h10-16,24H,1-9H3. The van der Waals surface area contributed by atoms with Crippen molar-refractivity contribution < 1.29 is 31.8 Å². The van der Waals surface area contributed by atoms with Crippen molar-refractivity contribution in [1.29, 1.82) is 0 Å². The topological polar surface area (TPSA) is 62.3 Å². The molecule has 0 aliphatic carbocycles. The maximum atomic E-state index is 15.0. The van der Waals surface area contributed by atoms with Gasteiger partial charge in [-0.3, -0.25) is 4.57 Å². The second-order valence-electron chi connectivity index (χ2n) is 10.1. The molecule has 2 aromatic carbocycles. The maximum absolute atomic E-state index is 15.0. The Hall–Kier alpha value is -2.20. The number of hydrogen-bond donors (Lipinski definition) is 0. The van der Waals surface area contributed by atoms with Crippen LogP contribution in [0.1, 0.15) is 44.5 Å². The Morgan fingerprint density at radius 2 is 1.50 bits per heavy atom. The van der Waals surface area contributed by atoms with Crippen molar-refractivity contribution in [3.05, 3.63) is 41.5 Å². The minimum absolute atomic E-state index is 0.217. The Morgan fingerprint density at radius 3 is 1.97 bits per heavy atom. The molecule has 7 nitrogen and oxygen atoms in total. The van der Waals surface area contributed by atoms with E-state index < -0.39 is 25.3 Å². The lowest BCUT2D eigenvalue weighted by Gasteiger charge is -2.43. The molecule has 0 saturated heterocycles. The number of ether oxygens (including phenoxy) is 1. The predicted octanol–water partition coefficient (Wildman–Crippen LogP) is 6.80. The summed E-state index contributed by atoms with van der Waals surface area (Å²) < 4.78 is 67.7. The number of carbonyl (C=O) groups is 1. The SMILES string of the molecule is COP(=O)(C1c2ccc(N(C)C)cc2Sc2cc(N(C)C)cc(OC(=O)C(F)(F)F)c21)N(C(C)C)C(C)C. The van der Waals surface area contributed by atoms with Crippen molar-refractivity contribution in [2.24, 2.45) is 0 Å².